The van der Waals surface area contributed by atoms with E-state index >= 15 is 0 Å². The topological polar surface area (TPSA) is 110 Å². The molecule has 0 aromatic heterocycles. The number of hydrogen-bond donors (Lipinski definition) is 2. The number of rotatable bonds is 7. The van der Waals surface area contributed by atoms with E-state index in [4.69, 9.17) is 4.55 Å². The third-order valence-corrected chi connectivity index (χ3v) is 3.34. The molecule has 2 unspecified atom stereocenters. The van der Waals surface area contributed by atoms with Crippen molar-refractivity contribution in [1.82, 2.24) is 5.32 Å². The Balaban J connectivity index is 2.84. The first kappa shape index (κ1) is 18.1. The molecule has 1 aromatic carbocycles. The van der Waals surface area contributed by atoms with Crippen LogP contribution in [0.25, 0.3) is 0 Å². The molecule has 1 rings (SSSR count). The Labute approximate surface area is 127 Å². The molecule has 0 fully saturated rings. The standard InChI is InChI=1S/C13H16FNO6S/c1-2-21-13(17)10(8-22(18,19)20)15-12(16)11(14)9-6-4-3-5-7-9/h3-7,10-11H,2,8H2,1H3,(H,15,16)(H,18,19,20). The average molecular weight is 333 g/mol. The highest BCUT2D eigenvalue weighted by Crippen LogP contribution is 2.17. The zero-order valence-corrected chi connectivity index (χ0v) is 12.5. The van der Waals surface area contributed by atoms with E-state index < -0.39 is 40.0 Å². The third-order valence-electron chi connectivity index (χ3n) is 2.59. The summed E-state index contributed by atoms with van der Waals surface area (Å²) in [6.45, 7) is 1.42. The van der Waals surface area contributed by atoms with Gasteiger partial charge in [0.05, 0.1) is 6.61 Å². The number of ether oxygens (including phenoxy) is 1. The first-order valence-electron chi connectivity index (χ1n) is 6.35. The van der Waals surface area contributed by atoms with Gasteiger partial charge in [0.2, 0.25) is 6.17 Å². The Morgan fingerprint density at radius 2 is 1.91 bits per heavy atom. The van der Waals surface area contributed by atoms with Crippen molar-refractivity contribution in [2.45, 2.75) is 19.1 Å². The molecule has 0 bridgehead atoms. The van der Waals surface area contributed by atoms with Crippen molar-refractivity contribution >= 4 is 22.0 Å². The van der Waals surface area contributed by atoms with Gasteiger partial charge < -0.3 is 10.1 Å². The predicted octanol–water partition coefficient (Wildman–Crippen LogP) is 0.633. The number of carbonyl (C=O) groups is 2. The van der Waals surface area contributed by atoms with Gasteiger partial charge in [0.15, 0.2) is 0 Å². The third kappa shape index (κ3) is 5.78. The normalized spacial score (nSPS) is 14.0. The van der Waals surface area contributed by atoms with E-state index in [-0.39, 0.29) is 12.2 Å². The van der Waals surface area contributed by atoms with Crippen LogP contribution in [0.2, 0.25) is 0 Å². The highest BCUT2D eigenvalue weighted by atomic mass is 32.2. The number of hydrogen-bond acceptors (Lipinski definition) is 5. The zero-order chi connectivity index (χ0) is 16.8. The van der Waals surface area contributed by atoms with E-state index in [1.807, 2.05) is 5.32 Å². The summed E-state index contributed by atoms with van der Waals surface area (Å²) < 4.78 is 49.1. The first-order valence-corrected chi connectivity index (χ1v) is 7.96. The van der Waals surface area contributed by atoms with Gasteiger partial charge in [-0.2, -0.15) is 8.42 Å². The van der Waals surface area contributed by atoms with E-state index in [9.17, 15) is 22.4 Å². The van der Waals surface area contributed by atoms with Crippen molar-refractivity contribution in [3.05, 3.63) is 35.9 Å². The second-order valence-corrected chi connectivity index (χ2v) is 5.83. The molecule has 0 saturated heterocycles. The van der Waals surface area contributed by atoms with Crippen molar-refractivity contribution in [2.24, 2.45) is 0 Å². The Hall–Kier alpha value is -2.00. The second-order valence-electron chi connectivity index (χ2n) is 4.34. The molecular formula is C13H16FNO6S. The molecule has 2 N–H and O–H groups in total. The lowest BCUT2D eigenvalue weighted by atomic mass is 10.1. The fourth-order valence-electron chi connectivity index (χ4n) is 1.64. The maximum absolute atomic E-state index is 14.0. The molecule has 0 radical (unpaired) electrons. The highest BCUT2D eigenvalue weighted by Gasteiger charge is 2.30. The van der Waals surface area contributed by atoms with Gasteiger partial charge in [-0.05, 0) is 12.5 Å². The van der Waals surface area contributed by atoms with Crippen molar-refractivity contribution < 1.29 is 31.7 Å². The van der Waals surface area contributed by atoms with Crippen LogP contribution in [0.5, 0.6) is 0 Å². The summed E-state index contributed by atoms with van der Waals surface area (Å²) in [5, 5.41) is 1.93. The van der Waals surface area contributed by atoms with Crippen LogP contribution in [0, 0.1) is 0 Å². The Kier molecular flexibility index (Phi) is 6.44. The average Bonchev–Trinajstić information content (AvgIpc) is 2.45. The molecular weight excluding hydrogens is 317 g/mol. The van der Waals surface area contributed by atoms with Crippen LogP contribution in [0.4, 0.5) is 4.39 Å². The fourth-order valence-corrected chi connectivity index (χ4v) is 2.28. The number of benzene rings is 1. The molecule has 1 aromatic rings. The molecule has 0 aliphatic heterocycles. The molecule has 2 atom stereocenters. The first-order chi connectivity index (χ1) is 10.2. The van der Waals surface area contributed by atoms with Gasteiger partial charge in [0.1, 0.15) is 11.8 Å². The lowest BCUT2D eigenvalue weighted by molar-refractivity contribution is -0.147. The Bertz CT molecular complexity index is 619. The van der Waals surface area contributed by atoms with Gasteiger partial charge in [-0.3, -0.25) is 9.35 Å². The Morgan fingerprint density at radius 1 is 1.32 bits per heavy atom. The molecule has 122 valence electrons. The molecule has 0 heterocycles. The molecule has 0 aliphatic carbocycles. The number of nitrogens with one attached hydrogen (secondary N) is 1. The largest absolute Gasteiger partial charge is 0.464 e. The summed E-state index contributed by atoms with van der Waals surface area (Å²) in [6, 6.07) is 5.73. The smallest absolute Gasteiger partial charge is 0.329 e. The molecule has 7 nitrogen and oxygen atoms in total. The summed E-state index contributed by atoms with van der Waals surface area (Å²) >= 11 is 0. The molecule has 0 saturated carbocycles. The van der Waals surface area contributed by atoms with Crippen molar-refractivity contribution in [2.75, 3.05) is 12.4 Å². The minimum Gasteiger partial charge on any atom is -0.464 e. The summed E-state index contributed by atoms with van der Waals surface area (Å²) in [4.78, 5) is 23.4. The minimum absolute atomic E-state index is 0.0504. The van der Waals surface area contributed by atoms with Crippen LogP contribution in [-0.2, 0) is 24.4 Å². The fraction of sp³-hybridized carbons (Fsp3) is 0.385. The lowest BCUT2D eigenvalue weighted by Crippen LogP contribution is -2.47. The number of alkyl halides is 1. The number of esters is 1. The molecule has 1 amide bonds. The van der Waals surface area contributed by atoms with E-state index in [2.05, 4.69) is 4.74 Å². The number of amides is 1. The number of halogens is 1. The van der Waals surface area contributed by atoms with Gasteiger partial charge in [-0.15, -0.1) is 0 Å². The van der Waals surface area contributed by atoms with E-state index in [0.29, 0.717) is 0 Å². The van der Waals surface area contributed by atoms with Gasteiger partial charge in [-0.25, -0.2) is 9.18 Å². The van der Waals surface area contributed by atoms with Gasteiger partial charge in [-0.1, -0.05) is 30.3 Å². The number of carbonyl (C=O) groups excluding carboxylic acids is 2. The minimum atomic E-state index is -4.56. The van der Waals surface area contributed by atoms with Gasteiger partial charge in [0.25, 0.3) is 16.0 Å². The highest BCUT2D eigenvalue weighted by molar-refractivity contribution is 7.85. The molecule has 0 aliphatic rings. The van der Waals surface area contributed by atoms with Crippen molar-refractivity contribution in [3.8, 4) is 0 Å². The van der Waals surface area contributed by atoms with Crippen molar-refractivity contribution in [1.29, 1.82) is 0 Å². The van der Waals surface area contributed by atoms with Gasteiger partial charge in [0, 0.05) is 0 Å². The monoisotopic (exact) mass is 333 g/mol. The van der Waals surface area contributed by atoms with Gasteiger partial charge >= 0.3 is 5.97 Å². The maximum Gasteiger partial charge on any atom is 0.329 e. The predicted molar refractivity (Wildman–Crippen MR) is 75.3 cm³/mol. The van der Waals surface area contributed by atoms with Crippen LogP contribution in [0.15, 0.2) is 30.3 Å². The zero-order valence-electron chi connectivity index (χ0n) is 11.7. The molecule has 0 spiro atoms. The van der Waals surface area contributed by atoms with Crippen LogP contribution >= 0.6 is 0 Å². The SMILES string of the molecule is CCOC(=O)C(CS(=O)(=O)O)NC(=O)C(F)c1ccccc1. The van der Waals surface area contributed by atoms with Crippen molar-refractivity contribution in [3.63, 3.8) is 0 Å². The quantitative estimate of drug-likeness (QED) is 0.559. The summed E-state index contributed by atoms with van der Waals surface area (Å²) in [5.74, 6) is -3.37. The van der Waals surface area contributed by atoms with Crippen LogP contribution < -0.4 is 5.32 Å². The maximum atomic E-state index is 14.0. The van der Waals surface area contributed by atoms with Crippen LogP contribution in [0.1, 0.15) is 18.7 Å². The van der Waals surface area contributed by atoms with E-state index in [1.54, 1.807) is 6.07 Å². The van der Waals surface area contributed by atoms with Crippen LogP contribution in [0.3, 0.4) is 0 Å². The molecule has 22 heavy (non-hydrogen) atoms. The summed E-state index contributed by atoms with van der Waals surface area (Å²) in [5.41, 5.74) is 0.0504. The van der Waals surface area contributed by atoms with E-state index in [1.165, 1.54) is 31.2 Å². The molecule has 9 heteroatoms. The van der Waals surface area contributed by atoms with Crippen LogP contribution in [-0.4, -0.2) is 43.2 Å². The Morgan fingerprint density at radius 3 is 2.41 bits per heavy atom. The summed E-state index contributed by atoms with van der Waals surface area (Å²) in [7, 11) is -4.56. The van der Waals surface area contributed by atoms with E-state index in [0.717, 1.165) is 0 Å². The lowest BCUT2D eigenvalue weighted by Gasteiger charge is -2.17. The summed E-state index contributed by atoms with van der Waals surface area (Å²) in [6.07, 6.45) is -2.08. The second kappa shape index (κ2) is 7.85.